The Kier molecular flexibility index (Phi) is 10.8. The maximum absolute atomic E-state index is 17.3. The number of nitrogens with one attached hydrogen (secondary N) is 1. The molecule has 54 heavy (non-hydrogen) atoms. The van der Waals surface area contributed by atoms with Crippen molar-refractivity contribution in [2.75, 3.05) is 38.7 Å². The first-order valence-corrected chi connectivity index (χ1v) is 20.6. The van der Waals surface area contributed by atoms with Gasteiger partial charge in [-0.05, 0) is 59.6 Å². The lowest BCUT2D eigenvalue weighted by Gasteiger charge is -2.38. The van der Waals surface area contributed by atoms with Crippen LogP contribution in [0.2, 0.25) is 16.6 Å². The number of halogens is 4. The highest BCUT2D eigenvalue weighted by Crippen LogP contribution is 2.47. The van der Waals surface area contributed by atoms with Crippen molar-refractivity contribution in [2.45, 2.75) is 89.1 Å². The van der Waals surface area contributed by atoms with Crippen LogP contribution in [0.5, 0.6) is 17.5 Å². The predicted molar refractivity (Wildman–Crippen MR) is 205 cm³/mol. The molecule has 2 aliphatic heterocycles. The first kappa shape index (κ1) is 39.1. The van der Waals surface area contributed by atoms with E-state index in [1.54, 1.807) is 0 Å². The standard InChI is InChI=1S/C40H47F4N5O4Si/c1-21(2)54(22(3)4,23(5)6)14-11-27-29(42)10-9-24-15-26(50)16-28(31(24)27)32-34(43)36-33(37(52-7)35(32)44)38(46-18-30(45)51)48-39(47-36)53-20-40-12-8-13-49(40)19-25(41)17-40/h9-10,15-16,21-23,25,50H,8,12-13,17-20H2,1-7H3,(H2,45,51)(H,46,47,48)/t25-,40+/m1/s1. The summed E-state index contributed by atoms with van der Waals surface area (Å²) in [6, 6.07) is 4.87. The molecule has 0 spiro atoms. The quantitative estimate of drug-likeness (QED) is 0.0798. The molecule has 0 aliphatic carbocycles. The second-order valence-corrected chi connectivity index (χ2v) is 21.0. The zero-order valence-corrected chi connectivity index (χ0v) is 32.7. The third-order valence-corrected chi connectivity index (χ3v) is 17.7. The monoisotopic (exact) mass is 765 g/mol. The van der Waals surface area contributed by atoms with Gasteiger partial charge in [0.15, 0.2) is 17.4 Å². The van der Waals surface area contributed by atoms with Crippen LogP contribution in [0.4, 0.5) is 23.4 Å². The molecule has 2 fully saturated rings. The lowest BCUT2D eigenvalue weighted by atomic mass is 9.92. The maximum atomic E-state index is 17.3. The highest BCUT2D eigenvalue weighted by Gasteiger charge is 2.49. The number of rotatable bonds is 11. The number of anilines is 1. The van der Waals surface area contributed by atoms with Gasteiger partial charge in [0.05, 0.1) is 35.7 Å². The van der Waals surface area contributed by atoms with E-state index in [9.17, 15) is 14.3 Å². The van der Waals surface area contributed by atoms with Crippen LogP contribution in [0.1, 0.15) is 66.4 Å². The molecule has 4 aromatic rings. The number of phenols is 1. The van der Waals surface area contributed by atoms with Crippen LogP contribution in [-0.4, -0.2) is 79.0 Å². The normalized spacial score (nSPS) is 18.8. The van der Waals surface area contributed by atoms with E-state index in [0.29, 0.717) is 18.4 Å². The Balaban J connectivity index is 1.61. The van der Waals surface area contributed by atoms with Gasteiger partial charge in [0.25, 0.3) is 0 Å². The van der Waals surface area contributed by atoms with Crippen LogP contribution in [0, 0.1) is 28.9 Å². The molecular weight excluding hydrogens is 719 g/mol. The Morgan fingerprint density at radius 2 is 1.80 bits per heavy atom. The number of carbonyl (C=O) groups excluding carboxylic acids is 1. The van der Waals surface area contributed by atoms with Gasteiger partial charge in [-0.1, -0.05) is 53.5 Å². The van der Waals surface area contributed by atoms with Crippen molar-refractivity contribution < 1.29 is 36.9 Å². The van der Waals surface area contributed by atoms with Crippen LogP contribution in [0.3, 0.4) is 0 Å². The Labute approximate surface area is 313 Å². The molecule has 1 amide bonds. The summed E-state index contributed by atoms with van der Waals surface area (Å²) >= 11 is 0. The molecule has 3 heterocycles. The van der Waals surface area contributed by atoms with Gasteiger partial charge >= 0.3 is 6.01 Å². The van der Waals surface area contributed by atoms with Crippen LogP contribution < -0.4 is 20.5 Å². The Morgan fingerprint density at radius 3 is 2.44 bits per heavy atom. The molecule has 6 rings (SSSR count). The fourth-order valence-electron chi connectivity index (χ4n) is 9.04. The molecule has 0 radical (unpaired) electrons. The number of benzene rings is 3. The van der Waals surface area contributed by atoms with Gasteiger partial charge in [-0.2, -0.15) is 9.97 Å². The summed E-state index contributed by atoms with van der Waals surface area (Å²) in [4.78, 5) is 22.6. The first-order valence-electron chi connectivity index (χ1n) is 18.3. The number of hydrogen-bond acceptors (Lipinski definition) is 8. The molecule has 288 valence electrons. The molecule has 2 saturated heterocycles. The Hall–Kier alpha value is -4.61. The number of aromatic nitrogens is 2. The van der Waals surface area contributed by atoms with E-state index in [1.807, 2.05) is 4.90 Å². The summed E-state index contributed by atoms with van der Waals surface area (Å²) in [6.45, 7) is 13.3. The Morgan fingerprint density at radius 1 is 1.09 bits per heavy atom. The van der Waals surface area contributed by atoms with Crippen molar-refractivity contribution in [2.24, 2.45) is 5.73 Å². The van der Waals surface area contributed by atoms with Crippen molar-refractivity contribution >= 4 is 41.5 Å². The largest absolute Gasteiger partial charge is 0.508 e. The summed E-state index contributed by atoms with van der Waals surface area (Å²) in [5.41, 5.74) is 7.66. The number of nitrogens with two attached hydrogens (primary N) is 1. The topological polar surface area (TPSA) is 123 Å². The second kappa shape index (κ2) is 14.9. The van der Waals surface area contributed by atoms with E-state index in [1.165, 1.54) is 25.3 Å². The average Bonchev–Trinajstić information content (AvgIpc) is 3.63. The molecule has 14 heteroatoms. The number of nitrogens with zero attached hydrogens (tertiary/aromatic N) is 3. The molecule has 0 unspecified atom stereocenters. The fraction of sp³-hybridized carbons (Fsp3) is 0.475. The van der Waals surface area contributed by atoms with E-state index < -0.39 is 66.5 Å². The van der Waals surface area contributed by atoms with Crippen LogP contribution in [0.25, 0.3) is 32.8 Å². The van der Waals surface area contributed by atoms with Crippen molar-refractivity contribution in [3.63, 3.8) is 0 Å². The number of fused-ring (bicyclic) bond motifs is 3. The molecule has 4 N–H and O–H groups in total. The van der Waals surface area contributed by atoms with Crippen LogP contribution >= 0.6 is 0 Å². The summed E-state index contributed by atoms with van der Waals surface area (Å²) < 4.78 is 76.3. The zero-order valence-electron chi connectivity index (χ0n) is 31.7. The second-order valence-electron chi connectivity index (χ2n) is 15.5. The molecule has 1 aromatic heterocycles. The van der Waals surface area contributed by atoms with Gasteiger partial charge in [0, 0.05) is 23.9 Å². The van der Waals surface area contributed by atoms with Crippen molar-refractivity contribution in [3.8, 4) is 40.1 Å². The molecule has 2 atom stereocenters. The van der Waals surface area contributed by atoms with Crippen LogP contribution in [-0.2, 0) is 4.79 Å². The average molecular weight is 766 g/mol. The number of ether oxygens (including phenoxy) is 2. The van der Waals surface area contributed by atoms with E-state index in [0.717, 1.165) is 12.5 Å². The SMILES string of the molecule is COc1c(F)c(-c2cc(O)cc3ccc(F)c(C#C[Si](C(C)C)(C(C)C)C(C)C)c23)c(F)c2nc(OC[C@@]34CCCN3C[C@H](F)C4)nc(NCC(N)=O)c12. The fourth-order valence-corrected chi connectivity index (χ4v) is 14.2. The van der Waals surface area contributed by atoms with Crippen molar-refractivity contribution in [1.29, 1.82) is 0 Å². The highest BCUT2D eigenvalue weighted by molar-refractivity contribution is 6.90. The van der Waals surface area contributed by atoms with E-state index in [4.69, 9.17) is 15.2 Å². The smallest absolute Gasteiger partial charge is 0.319 e. The van der Waals surface area contributed by atoms with E-state index in [2.05, 4.69) is 68.3 Å². The van der Waals surface area contributed by atoms with Gasteiger partial charge in [-0.15, -0.1) is 5.54 Å². The number of carbonyl (C=O) groups is 1. The van der Waals surface area contributed by atoms with Gasteiger partial charge < -0.3 is 25.6 Å². The van der Waals surface area contributed by atoms with Gasteiger partial charge in [0.2, 0.25) is 5.91 Å². The van der Waals surface area contributed by atoms with Gasteiger partial charge in [0.1, 0.15) is 43.8 Å². The highest BCUT2D eigenvalue weighted by atomic mass is 28.3. The van der Waals surface area contributed by atoms with Crippen molar-refractivity contribution in [3.05, 3.63) is 47.3 Å². The lowest BCUT2D eigenvalue weighted by molar-refractivity contribution is -0.116. The Bertz CT molecular complexity index is 2170. The molecule has 3 aromatic carbocycles. The first-order chi connectivity index (χ1) is 25.5. The predicted octanol–water partition coefficient (Wildman–Crippen LogP) is 8.00. The van der Waals surface area contributed by atoms with Gasteiger partial charge in [-0.3, -0.25) is 9.69 Å². The van der Waals surface area contributed by atoms with E-state index >= 15 is 13.2 Å². The number of hydrogen-bond donors (Lipinski definition) is 3. The minimum Gasteiger partial charge on any atom is -0.508 e. The minimum absolute atomic E-state index is 0.00737. The van der Waals surface area contributed by atoms with Gasteiger partial charge in [-0.25, -0.2) is 17.6 Å². The lowest BCUT2D eigenvalue weighted by Crippen LogP contribution is -2.43. The summed E-state index contributed by atoms with van der Waals surface area (Å²) in [6.07, 6.45) is 0.775. The number of aromatic hydroxyl groups is 1. The molecule has 0 saturated carbocycles. The molecule has 2 aliphatic rings. The number of phenolic OH excluding ortho intramolecular Hbond substituents is 1. The third-order valence-electron chi connectivity index (χ3n) is 11.4. The number of primary amides is 1. The molecular formula is C40H47F4N5O4Si. The number of alkyl halides is 1. The van der Waals surface area contributed by atoms with Crippen LogP contribution in [0.15, 0.2) is 24.3 Å². The van der Waals surface area contributed by atoms with Crippen molar-refractivity contribution in [1.82, 2.24) is 14.9 Å². The third kappa shape index (κ3) is 6.70. The number of amides is 1. The summed E-state index contributed by atoms with van der Waals surface area (Å²) in [5.74, 6) is -1.70. The maximum Gasteiger partial charge on any atom is 0.319 e. The summed E-state index contributed by atoms with van der Waals surface area (Å²) in [5, 5.41) is 13.8. The number of methoxy groups -OCH3 is 1. The zero-order chi connectivity index (χ0) is 39.3. The van der Waals surface area contributed by atoms with E-state index in [-0.39, 0.29) is 75.7 Å². The summed E-state index contributed by atoms with van der Waals surface area (Å²) in [7, 11) is -1.23. The molecule has 0 bridgehead atoms. The molecule has 9 nitrogen and oxygen atoms in total. The minimum atomic E-state index is -2.40.